The third-order valence-electron chi connectivity index (χ3n) is 3.57. The second-order valence-corrected chi connectivity index (χ2v) is 6.66. The highest BCUT2D eigenvalue weighted by Crippen LogP contribution is 2.24. The van der Waals surface area contributed by atoms with Gasteiger partial charge in [-0.3, -0.25) is 0 Å². The van der Waals surface area contributed by atoms with E-state index in [-0.39, 0.29) is 0 Å². The average molecular weight is 341 g/mol. The van der Waals surface area contributed by atoms with Gasteiger partial charge in [-0.05, 0) is 41.8 Å². The Balaban J connectivity index is 1.66. The lowest BCUT2D eigenvalue weighted by Gasteiger charge is -2.04. The van der Waals surface area contributed by atoms with Gasteiger partial charge in [0.25, 0.3) is 0 Å². The molecule has 0 spiro atoms. The van der Waals surface area contributed by atoms with Crippen LogP contribution < -0.4 is 0 Å². The van der Waals surface area contributed by atoms with E-state index in [0.29, 0.717) is 0 Å². The lowest BCUT2D eigenvalue weighted by Crippen LogP contribution is -1.90. The number of rotatable bonds is 5. The van der Waals surface area contributed by atoms with Crippen molar-refractivity contribution in [3.8, 4) is 11.3 Å². The first-order valence-corrected chi connectivity index (χ1v) is 8.91. The summed E-state index contributed by atoms with van der Waals surface area (Å²) >= 11 is 7.66. The van der Waals surface area contributed by atoms with Gasteiger partial charge in [0.05, 0.1) is 5.69 Å². The number of aromatic nitrogens is 2. The standard InChI is InChI=1S/C19H17ClN2S/c1-2-14-6-8-16(9-7-14)18-10-11-19(22-21-18)23-13-15-4-3-5-17(20)12-15/h3-12H,2,13H2,1H3. The third kappa shape index (κ3) is 4.34. The number of thioether (sulfide) groups is 1. The molecule has 3 rings (SSSR count). The van der Waals surface area contributed by atoms with Crippen molar-refractivity contribution in [3.05, 3.63) is 76.8 Å². The van der Waals surface area contributed by atoms with Gasteiger partial charge in [0, 0.05) is 16.3 Å². The highest BCUT2D eigenvalue weighted by atomic mass is 35.5. The van der Waals surface area contributed by atoms with Crippen LogP contribution in [-0.4, -0.2) is 10.2 Å². The molecule has 1 heterocycles. The second kappa shape index (κ2) is 7.62. The normalized spacial score (nSPS) is 10.7. The SMILES string of the molecule is CCc1ccc(-c2ccc(SCc3cccc(Cl)c3)nn2)cc1. The Morgan fingerprint density at radius 2 is 1.74 bits per heavy atom. The molecule has 1 aromatic heterocycles. The Labute approximate surface area is 145 Å². The van der Waals surface area contributed by atoms with Crippen LogP contribution in [0, 0.1) is 0 Å². The number of benzene rings is 2. The molecule has 0 radical (unpaired) electrons. The summed E-state index contributed by atoms with van der Waals surface area (Å²) in [6.45, 7) is 2.15. The van der Waals surface area contributed by atoms with Gasteiger partial charge in [0.2, 0.25) is 0 Å². The van der Waals surface area contributed by atoms with Gasteiger partial charge in [0.1, 0.15) is 5.03 Å². The summed E-state index contributed by atoms with van der Waals surface area (Å²) in [6.07, 6.45) is 1.05. The molecule has 3 aromatic rings. The zero-order chi connectivity index (χ0) is 16.1. The topological polar surface area (TPSA) is 25.8 Å². The van der Waals surface area contributed by atoms with E-state index < -0.39 is 0 Å². The van der Waals surface area contributed by atoms with Gasteiger partial charge < -0.3 is 0 Å². The summed E-state index contributed by atoms with van der Waals surface area (Å²) in [7, 11) is 0. The first kappa shape index (κ1) is 16.0. The van der Waals surface area contributed by atoms with Crippen LogP contribution in [0.1, 0.15) is 18.1 Å². The number of hydrogen-bond acceptors (Lipinski definition) is 3. The zero-order valence-electron chi connectivity index (χ0n) is 12.9. The van der Waals surface area contributed by atoms with Crippen LogP contribution in [0.25, 0.3) is 11.3 Å². The predicted molar refractivity (Wildman–Crippen MR) is 97.9 cm³/mol. The van der Waals surface area contributed by atoms with Gasteiger partial charge in [-0.25, -0.2) is 0 Å². The van der Waals surface area contributed by atoms with E-state index in [1.165, 1.54) is 11.1 Å². The molecule has 0 amide bonds. The summed E-state index contributed by atoms with van der Waals surface area (Å²) in [5, 5.41) is 10.3. The Bertz CT molecular complexity index is 770. The summed E-state index contributed by atoms with van der Waals surface area (Å²) in [4.78, 5) is 0. The van der Waals surface area contributed by atoms with Crippen LogP contribution in [0.4, 0.5) is 0 Å². The van der Waals surface area contributed by atoms with Gasteiger partial charge >= 0.3 is 0 Å². The first-order chi connectivity index (χ1) is 11.2. The molecule has 23 heavy (non-hydrogen) atoms. The van der Waals surface area contributed by atoms with Crippen molar-refractivity contribution >= 4 is 23.4 Å². The second-order valence-electron chi connectivity index (χ2n) is 5.23. The lowest BCUT2D eigenvalue weighted by atomic mass is 10.1. The minimum Gasteiger partial charge on any atom is -0.149 e. The number of nitrogens with zero attached hydrogens (tertiary/aromatic N) is 2. The predicted octanol–water partition coefficient (Wildman–Crippen LogP) is 5.65. The van der Waals surface area contributed by atoms with E-state index in [0.717, 1.165) is 33.5 Å². The molecular weight excluding hydrogens is 324 g/mol. The Morgan fingerprint density at radius 3 is 2.39 bits per heavy atom. The fourth-order valence-corrected chi connectivity index (χ4v) is 3.22. The van der Waals surface area contributed by atoms with Crippen molar-refractivity contribution in [2.45, 2.75) is 24.1 Å². The van der Waals surface area contributed by atoms with Gasteiger partial charge in [-0.15, -0.1) is 10.2 Å². The Morgan fingerprint density at radius 1 is 0.913 bits per heavy atom. The smallest absolute Gasteiger partial charge is 0.119 e. The maximum absolute atomic E-state index is 6.00. The van der Waals surface area contributed by atoms with E-state index in [1.807, 2.05) is 30.3 Å². The molecular formula is C19H17ClN2S. The largest absolute Gasteiger partial charge is 0.149 e. The van der Waals surface area contributed by atoms with E-state index in [2.05, 4.69) is 47.5 Å². The van der Waals surface area contributed by atoms with Crippen LogP contribution in [-0.2, 0) is 12.2 Å². The molecule has 0 bridgehead atoms. The van der Waals surface area contributed by atoms with Crippen molar-refractivity contribution in [2.24, 2.45) is 0 Å². The van der Waals surface area contributed by atoms with E-state index in [1.54, 1.807) is 11.8 Å². The van der Waals surface area contributed by atoms with Crippen LogP contribution in [0.15, 0.2) is 65.7 Å². The lowest BCUT2D eigenvalue weighted by molar-refractivity contribution is 0.935. The summed E-state index contributed by atoms with van der Waals surface area (Å²) in [5.41, 5.74) is 4.51. The first-order valence-electron chi connectivity index (χ1n) is 7.55. The summed E-state index contributed by atoms with van der Waals surface area (Å²) in [6, 6.07) is 20.4. The molecule has 0 unspecified atom stereocenters. The molecule has 2 aromatic carbocycles. The molecule has 0 atom stereocenters. The fourth-order valence-electron chi connectivity index (χ4n) is 2.25. The number of aryl methyl sites for hydroxylation is 1. The molecule has 116 valence electrons. The average Bonchev–Trinajstić information content (AvgIpc) is 2.61. The molecule has 0 aliphatic heterocycles. The van der Waals surface area contributed by atoms with Crippen molar-refractivity contribution < 1.29 is 0 Å². The maximum Gasteiger partial charge on any atom is 0.119 e. The molecule has 2 nitrogen and oxygen atoms in total. The Kier molecular flexibility index (Phi) is 5.31. The van der Waals surface area contributed by atoms with Crippen molar-refractivity contribution in [3.63, 3.8) is 0 Å². The maximum atomic E-state index is 6.00. The van der Waals surface area contributed by atoms with Crippen molar-refractivity contribution in [1.29, 1.82) is 0 Å². The molecule has 0 aliphatic carbocycles. The van der Waals surface area contributed by atoms with Crippen LogP contribution in [0.2, 0.25) is 5.02 Å². The van der Waals surface area contributed by atoms with E-state index >= 15 is 0 Å². The van der Waals surface area contributed by atoms with Crippen molar-refractivity contribution in [2.75, 3.05) is 0 Å². The number of hydrogen-bond donors (Lipinski definition) is 0. The minimum atomic E-state index is 0.764. The molecule has 0 aliphatic rings. The molecule has 0 saturated heterocycles. The molecule has 0 saturated carbocycles. The van der Waals surface area contributed by atoms with Crippen LogP contribution in [0.5, 0.6) is 0 Å². The minimum absolute atomic E-state index is 0.764. The quantitative estimate of drug-likeness (QED) is 0.561. The monoisotopic (exact) mass is 340 g/mol. The molecule has 0 N–H and O–H groups in total. The van der Waals surface area contributed by atoms with Crippen LogP contribution in [0.3, 0.4) is 0 Å². The van der Waals surface area contributed by atoms with Gasteiger partial charge in [-0.1, -0.05) is 66.7 Å². The zero-order valence-corrected chi connectivity index (χ0v) is 14.4. The van der Waals surface area contributed by atoms with E-state index in [4.69, 9.17) is 11.6 Å². The Hall–Kier alpha value is -1.84. The highest BCUT2D eigenvalue weighted by molar-refractivity contribution is 7.98. The number of halogens is 1. The van der Waals surface area contributed by atoms with Gasteiger partial charge in [-0.2, -0.15) is 0 Å². The summed E-state index contributed by atoms with van der Waals surface area (Å²) in [5.74, 6) is 0.833. The van der Waals surface area contributed by atoms with Gasteiger partial charge in [0.15, 0.2) is 0 Å². The molecule has 0 fully saturated rings. The summed E-state index contributed by atoms with van der Waals surface area (Å²) < 4.78 is 0. The van der Waals surface area contributed by atoms with Crippen molar-refractivity contribution in [1.82, 2.24) is 10.2 Å². The van der Waals surface area contributed by atoms with Crippen LogP contribution >= 0.6 is 23.4 Å². The third-order valence-corrected chi connectivity index (χ3v) is 4.80. The van der Waals surface area contributed by atoms with E-state index in [9.17, 15) is 0 Å². The highest BCUT2D eigenvalue weighted by Gasteiger charge is 2.03. The fraction of sp³-hybridized carbons (Fsp3) is 0.158. The molecule has 4 heteroatoms.